The summed E-state index contributed by atoms with van der Waals surface area (Å²) >= 11 is 0. The molecule has 4 rings (SSSR count). The van der Waals surface area contributed by atoms with Crippen molar-refractivity contribution in [2.45, 2.75) is 0 Å². The molecule has 5 heteroatoms. The van der Waals surface area contributed by atoms with Crippen LogP contribution in [-0.4, -0.2) is 34.3 Å². The number of amides is 2. The molecule has 3 aromatic rings. The van der Waals surface area contributed by atoms with Crippen molar-refractivity contribution in [2.75, 3.05) is 6.54 Å². The SMILES string of the molecule is O=C(O)CN1C(=O)/C(=C\c2cccc3ccccc23)c2ccccc2C1=O. The van der Waals surface area contributed by atoms with Crippen LogP contribution in [0.25, 0.3) is 22.4 Å². The summed E-state index contributed by atoms with van der Waals surface area (Å²) in [5.74, 6) is -2.43. The minimum atomic E-state index is -1.24. The summed E-state index contributed by atoms with van der Waals surface area (Å²) in [6.45, 7) is -0.668. The number of fused-ring (bicyclic) bond motifs is 2. The Kier molecular flexibility index (Phi) is 4.05. The molecular weight excluding hydrogens is 342 g/mol. The van der Waals surface area contributed by atoms with Crippen molar-refractivity contribution in [3.05, 3.63) is 83.4 Å². The number of benzene rings is 3. The molecule has 0 unspecified atom stereocenters. The summed E-state index contributed by atoms with van der Waals surface area (Å²) in [6.07, 6.45) is 1.73. The highest BCUT2D eigenvalue weighted by molar-refractivity contribution is 6.34. The predicted molar refractivity (Wildman–Crippen MR) is 102 cm³/mol. The van der Waals surface area contributed by atoms with E-state index in [1.54, 1.807) is 30.3 Å². The first kappa shape index (κ1) is 16.7. The standard InChI is InChI=1S/C22H15NO4/c24-20(25)13-23-21(26)18-11-4-3-10-17(18)19(22(23)27)12-15-8-5-7-14-6-1-2-9-16(14)15/h1-12H,13H2,(H,24,25)/b19-12-. The normalized spacial score (nSPS) is 15.3. The summed E-state index contributed by atoms with van der Waals surface area (Å²) in [5, 5.41) is 11.1. The topological polar surface area (TPSA) is 74.7 Å². The lowest BCUT2D eigenvalue weighted by Gasteiger charge is -2.27. The van der Waals surface area contributed by atoms with Crippen molar-refractivity contribution in [3.8, 4) is 0 Å². The highest BCUT2D eigenvalue weighted by Crippen LogP contribution is 2.31. The molecule has 0 atom stereocenters. The van der Waals surface area contributed by atoms with Gasteiger partial charge in [-0.3, -0.25) is 19.3 Å². The molecule has 1 N–H and O–H groups in total. The molecule has 0 radical (unpaired) electrons. The zero-order valence-corrected chi connectivity index (χ0v) is 14.3. The van der Waals surface area contributed by atoms with E-state index in [-0.39, 0.29) is 0 Å². The Balaban J connectivity index is 1.93. The lowest BCUT2D eigenvalue weighted by atomic mass is 9.91. The molecule has 0 saturated carbocycles. The first-order valence-corrected chi connectivity index (χ1v) is 8.43. The van der Waals surface area contributed by atoms with Crippen LogP contribution in [-0.2, 0) is 9.59 Å². The number of carbonyl (C=O) groups is 3. The van der Waals surface area contributed by atoms with Crippen LogP contribution in [0.1, 0.15) is 21.5 Å². The van der Waals surface area contributed by atoms with Crippen molar-refractivity contribution < 1.29 is 19.5 Å². The Bertz CT molecular complexity index is 1120. The van der Waals surface area contributed by atoms with Gasteiger partial charge in [0, 0.05) is 11.1 Å². The number of rotatable bonds is 3. The van der Waals surface area contributed by atoms with Gasteiger partial charge in [-0.05, 0) is 34.0 Å². The second kappa shape index (κ2) is 6.53. The molecule has 0 fully saturated rings. The van der Waals surface area contributed by atoms with Crippen LogP contribution < -0.4 is 0 Å². The average Bonchev–Trinajstić information content (AvgIpc) is 2.68. The largest absolute Gasteiger partial charge is 0.480 e. The van der Waals surface area contributed by atoms with E-state index in [1.807, 2.05) is 42.5 Å². The molecule has 0 aromatic heterocycles. The number of hydrogen-bond acceptors (Lipinski definition) is 3. The van der Waals surface area contributed by atoms with Crippen molar-refractivity contribution in [3.63, 3.8) is 0 Å². The van der Waals surface area contributed by atoms with Crippen LogP contribution in [0.4, 0.5) is 0 Å². The molecule has 0 spiro atoms. The minimum absolute atomic E-state index is 0.308. The Hall–Kier alpha value is -3.73. The van der Waals surface area contributed by atoms with Crippen LogP contribution in [0, 0.1) is 0 Å². The van der Waals surface area contributed by atoms with Gasteiger partial charge in [-0.1, -0.05) is 60.7 Å². The van der Waals surface area contributed by atoms with Gasteiger partial charge in [-0.15, -0.1) is 0 Å². The summed E-state index contributed by atoms with van der Waals surface area (Å²) in [7, 11) is 0. The summed E-state index contributed by atoms with van der Waals surface area (Å²) in [6, 6.07) is 20.3. The Labute approximate surface area is 155 Å². The molecule has 132 valence electrons. The maximum absolute atomic E-state index is 12.9. The van der Waals surface area contributed by atoms with Crippen LogP contribution >= 0.6 is 0 Å². The van der Waals surface area contributed by atoms with Gasteiger partial charge in [0.05, 0.1) is 0 Å². The second-order valence-electron chi connectivity index (χ2n) is 6.26. The fourth-order valence-corrected chi connectivity index (χ4v) is 3.35. The Morgan fingerprint density at radius 1 is 0.852 bits per heavy atom. The van der Waals surface area contributed by atoms with Crippen LogP contribution in [0.2, 0.25) is 0 Å². The summed E-state index contributed by atoms with van der Waals surface area (Å²) < 4.78 is 0. The molecule has 1 heterocycles. The highest BCUT2D eigenvalue weighted by Gasteiger charge is 2.35. The summed E-state index contributed by atoms with van der Waals surface area (Å²) in [4.78, 5) is 37.5. The smallest absolute Gasteiger partial charge is 0.323 e. The van der Waals surface area contributed by atoms with Crippen LogP contribution in [0.15, 0.2) is 66.7 Å². The quantitative estimate of drug-likeness (QED) is 0.575. The number of aliphatic carboxylic acids is 1. The number of imide groups is 1. The van der Waals surface area contributed by atoms with E-state index in [0.717, 1.165) is 21.2 Å². The Morgan fingerprint density at radius 3 is 2.30 bits per heavy atom. The van der Waals surface area contributed by atoms with Crippen LogP contribution in [0.5, 0.6) is 0 Å². The molecule has 2 amide bonds. The highest BCUT2D eigenvalue weighted by atomic mass is 16.4. The number of nitrogens with zero attached hydrogens (tertiary/aromatic N) is 1. The third-order valence-corrected chi connectivity index (χ3v) is 4.58. The van der Waals surface area contributed by atoms with E-state index in [1.165, 1.54) is 0 Å². The van der Waals surface area contributed by atoms with Gasteiger partial charge in [-0.2, -0.15) is 0 Å². The van der Waals surface area contributed by atoms with Crippen molar-refractivity contribution >= 4 is 40.2 Å². The first-order chi connectivity index (χ1) is 13.1. The molecule has 1 aliphatic heterocycles. The third-order valence-electron chi connectivity index (χ3n) is 4.58. The van der Waals surface area contributed by atoms with Gasteiger partial charge in [0.25, 0.3) is 11.8 Å². The van der Waals surface area contributed by atoms with Gasteiger partial charge >= 0.3 is 5.97 Å². The minimum Gasteiger partial charge on any atom is -0.480 e. The van der Waals surface area contributed by atoms with E-state index in [9.17, 15) is 14.4 Å². The fraction of sp³-hybridized carbons (Fsp3) is 0.0455. The van der Waals surface area contributed by atoms with Crippen molar-refractivity contribution in [2.24, 2.45) is 0 Å². The number of carbonyl (C=O) groups excluding carboxylic acids is 2. The van der Waals surface area contributed by atoms with Gasteiger partial charge in [-0.25, -0.2) is 0 Å². The molecular formula is C22H15NO4. The summed E-state index contributed by atoms with van der Waals surface area (Å²) in [5.41, 5.74) is 1.98. The molecule has 0 bridgehead atoms. The lowest BCUT2D eigenvalue weighted by Crippen LogP contribution is -2.44. The van der Waals surface area contributed by atoms with Gasteiger partial charge in [0.15, 0.2) is 0 Å². The maximum Gasteiger partial charge on any atom is 0.323 e. The third kappa shape index (κ3) is 2.89. The fourth-order valence-electron chi connectivity index (χ4n) is 3.35. The average molecular weight is 357 g/mol. The molecule has 1 aliphatic rings. The molecule has 27 heavy (non-hydrogen) atoms. The van der Waals surface area contributed by atoms with E-state index in [4.69, 9.17) is 5.11 Å². The van der Waals surface area contributed by atoms with Gasteiger partial charge < -0.3 is 5.11 Å². The first-order valence-electron chi connectivity index (χ1n) is 8.43. The zero-order chi connectivity index (χ0) is 19.0. The van der Waals surface area contributed by atoms with E-state index in [0.29, 0.717) is 16.7 Å². The lowest BCUT2D eigenvalue weighted by molar-refractivity contribution is -0.141. The molecule has 0 saturated heterocycles. The predicted octanol–water partition coefficient (Wildman–Crippen LogP) is 3.45. The molecule has 3 aromatic carbocycles. The van der Waals surface area contributed by atoms with Gasteiger partial charge in [0.2, 0.25) is 0 Å². The monoisotopic (exact) mass is 357 g/mol. The van der Waals surface area contributed by atoms with Crippen LogP contribution in [0.3, 0.4) is 0 Å². The zero-order valence-electron chi connectivity index (χ0n) is 14.3. The van der Waals surface area contributed by atoms with Crippen molar-refractivity contribution in [1.82, 2.24) is 4.90 Å². The van der Waals surface area contributed by atoms with Gasteiger partial charge in [0.1, 0.15) is 6.54 Å². The van der Waals surface area contributed by atoms with Crippen molar-refractivity contribution in [1.29, 1.82) is 0 Å². The second-order valence-corrected chi connectivity index (χ2v) is 6.26. The van der Waals surface area contributed by atoms with E-state index in [2.05, 4.69) is 0 Å². The van der Waals surface area contributed by atoms with E-state index >= 15 is 0 Å². The number of carboxylic acid groups (broad SMARTS) is 1. The maximum atomic E-state index is 12.9. The molecule has 0 aliphatic carbocycles. The molecule has 5 nitrogen and oxygen atoms in total. The number of hydrogen-bond donors (Lipinski definition) is 1. The van der Waals surface area contributed by atoms with E-state index < -0.39 is 24.3 Å². The number of carboxylic acids is 1. The Morgan fingerprint density at radius 2 is 1.52 bits per heavy atom.